The maximum Gasteiger partial charge on any atom is 0.227 e. The molecule has 0 spiro atoms. The van der Waals surface area contributed by atoms with E-state index < -0.39 is 0 Å². The standard InChI is InChI=1S/C18H24ClN3O2/c1-13-9-21(7-8-22(13)10-14(2)23)11-15-12-24-18(20-15)16-5-3-4-6-17(16)19/h3-6,12-14,23H,7-11H2,1-2H3/t13-,14+/m0/s1. The van der Waals surface area contributed by atoms with E-state index in [9.17, 15) is 5.11 Å². The first-order valence-electron chi connectivity index (χ1n) is 8.36. The third kappa shape index (κ3) is 4.16. The molecule has 0 amide bonds. The highest BCUT2D eigenvalue weighted by atomic mass is 35.5. The molecule has 2 aromatic rings. The summed E-state index contributed by atoms with van der Waals surface area (Å²) in [7, 11) is 0. The van der Waals surface area contributed by atoms with Gasteiger partial charge < -0.3 is 9.52 Å². The number of aliphatic hydroxyl groups is 1. The van der Waals surface area contributed by atoms with Gasteiger partial charge in [-0.25, -0.2) is 4.98 Å². The zero-order valence-electron chi connectivity index (χ0n) is 14.2. The van der Waals surface area contributed by atoms with Crippen molar-refractivity contribution in [2.45, 2.75) is 32.5 Å². The van der Waals surface area contributed by atoms with Crippen molar-refractivity contribution >= 4 is 11.6 Å². The fraction of sp³-hybridized carbons (Fsp3) is 0.500. The lowest BCUT2D eigenvalue weighted by atomic mass is 10.1. The summed E-state index contributed by atoms with van der Waals surface area (Å²) in [4.78, 5) is 9.29. The summed E-state index contributed by atoms with van der Waals surface area (Å²) in [5.41, 5.74) is 1.74. The number of piperazine rings is 1. The van der Waals surface area contributed by atoms with Crippen LogP contribution in [0.5, 0.6) is 0 Å². The minimum Gasteiger partial charge on any atom is -0.444 e. The number of aromatic nitrogens is 1. The number of β-amino-alcohol motifs (C(OH)–C–C–N with tert-alkyl or cyclic N) is 1. The summed E-state index contributed by atoms with van der Waals surface area (Å²) in [6, 6.07) is 7.99. The van der Waals surface area contributed by atoms with E-state index in [-0.39, 0.29) is 6.10 Å². The van der Waals surface area contributed by atoms with Gasteiger partial charge in [-0.1, -0.05) is 23.7 Å². The van der Waals surface area contributed by atoms with Crippen molar-refractivity contribution in [2.24, 2.45) is 0 Å². The quantitative estimate of drug-likeness (QED) is 0.899. The van der Waals surface area contributed by atoms with Crippen LogP contribution >= 0.6 is 11.6 Å². The molecule has 5 nitrogen and oxygen atoms in total. The van der Waals surface area contributed by atoms with E-state index in [0.29, 0.717) is 17.0 Å². The average Bonchev–Trinajstić information content (AvgIpc) is 2.98. The Labute approximate surface area is 147 Å². The van der Waals surface area contributed by atoms with Gasteiger partial charge in [0.2, 0.25) is 5.89 Å². The predicted octanol–water partition coefficient (Wildman–Crippen LogP) is 2.88. The van der Waals surface area contributed by atoms with Crippen LogP contribution in [-0.4, -0.2) is 58.2 Å². The van der Waals surface area contributed by atoms with Gasteiger partial charge in [0.15, 0.2) is 0 Å². The minimum absolute atomic E-state index is 0.285. The number of rotatable bonds is 5. The Kier molecular flexibility index (Phi) is 5.56. The molecule has 1 saturated heterocycles. The molecule has 1 fully saturated rings. The van der Waals surface area contributed by atoms with E-state index in [1.54, 1.807) is 6.26 Å². The lowest BCUT2D eigenvalue weighted by molar-refractivity contribution is 0.0418. The molecule has 1 N–H and O–H groups in total. The highest BCUT2D eigenvalue weighted by molar-refractivity contribution is 6.33. The van der Waals surface area contributed by atoms with Crippen LogP contribution in [-0.2, 0) is 6.54 Å². The first kappa shape index (κ1) is 17.4. The van der Waals surface area contributed by atoms with Gasteiger partial charge in [-0.15, -0.1) is 0 Å². The van der Waals surface area contributed by atoms with Gasteiger partial charge in [0.25, 0.3) is 0 Å². The smallest absolute Gasteiger partial charge is 0.227 e. The SMILES string of the molecule is C[C@@H](O)CN1CCN(Cc2coc(-c3ccccc3Cl)n2)C[C@@H]1C. The van der Waals surface area contributed by atoms with E-state index in [1.165, 1.54) is 0 Å². The predicted molar refractivity (Wildman–Crippen MR) is 94.9 cm³/mol. The van der Waals surface area contributed by atoms with Crippen molar-refractivity contribution in [2.75, 3.05) is 26.2 Å². The molecule has 2 atom stereocenters. The molecule has 0 unspecified atom stereocenters. The van der Waals surface area contributed by atoms with Gasteiger partial charge in [0.1, 0.15) is 6.26 Å². The molecule has 130 valence electrons. The Bertz CT molecular complexity index is 674. The average molecular weight is 350 g/mol. The molecule has 0 radical (unpaired) electrons. The maximum absolute atomic E-state index is 9.57. The second kappa shape index (κ2) is 7.66. The molecule has 1 aromatic carbocycles. The van der Waals surface area contributed by atoms with E-state index in [2.05, 4.69) is 21.7 Å². The van der Waals surface area contributed by atoms with Crippen molar-refractivity contribution in [1.82, 2.24) is 14.8 Å². The first-order chi connectivity index (χ1) is 11.5. The molecule has 0 bridgehead atoms. The number of nitrogens with zero attached hydrogens (tertiary/aromatic N) is 3. The van der Waals surface area contributed by atoms with E-state index in [1.807, 2.05) is 31.2 Å². The molecular formula is C18H24ClN3O2. The molecule has 6 heteroatoms. The molecule has 1 aromatic heterocycles. The molecule has 1 aliphatic heterocycles. The van der Waals surface area contributed by atoms with Crippen molar-refractivity contribution in [3.8, 4) is 11.5 Å². The number of benzene rings is 1. The van der Waals surface area contributed by atoms with Crippen LogP contribution in [0.2, 0.25) is 5.02 Å². The number of halogens is 1. The third-order valence-electron chi connectivity index (χ3n) is 4.39. The Morgan fingerprint density at radius 3 is 2.88 bits per heavy atom. The molecule has 3 rings (SSSR count). The van der Waals surface area contributed by atoms with E-state index in [4.69, 9.17) is 16.0 Å². The first-order valence-corrected chi connectivity index (χ1v) is 8.74. The monoisotopic (exact) mass is 349 g/mol. The topological polar surface area (TPSA) is 52.7 Å². The van der Waals surface area contributed by atoms with Crippen LogP contribution in [0.15, 0.2) is 34.9 Å². The Balaban J connectivity index is 1.61. The van der Waals surface area contributed by atoms with Gasteiger partial charge in [-0.3, -0.25) is 9.80 Å². The van der Waals surface area contributed by atoms with Crippen molar-refractivity contribution < 1.29 is 9.52 Å². The van der Waals surface area contributed by atoms with Gasteiger partial charge in [0, 0.05) is 38.8 Å². The van der Waals surface area contributed by atoms with Crippen LogP contribution in [0.4, 0.5) is 0 Å². The van der Waals surface area contributed by atoms with Gasteiger partial charge in [-0.2, -0.15) is 0 Å². The fourth-order valence-electron chi connectivity index (χ4n) is 3.19. The lowest BCUT2D eigenvalue weighted by Crippen LogP contribution is -2.53. The van der Waals surface area contributed by atoms with Crippen molar-refractivity contribution in [3.05, 3.63) is 41.2 Å². The Morgan fingerprint density at radius 2 is 2.17 bits per heavy atom. The third-order valence-corrected chi connectivity index (χ3v) is 4.72. The largest absolute Gasteiger partial charge is 0.444 e. The number of aliphatic hydroxyl groups excluding tert-OH is 1. The molecule has 0 aliphatic carbocycles. The van der Waals surface area contributed by atoms with Crippen molar-refractivity contribution in [3.63, 3.8) is 0 Å². The van der Waals surface area contributed by atoms with Crippen LogP contribution in [0.25, 0.3) is 11.5 Å². The molecule has 1 aliphatic rings. The van der Waals surface area contributed by atoms with Crippen LogP contribution < -0.4 is 0 Å². The summed E-state index contributed by atoms with van der Waals surface area (Å²) in [6.07, 6.45) is 1.43. The van der Waals surface area contributed by atoms with Crippen LogP contribution in [0.3, 0.4) is 0 Å². The van der Waals surface area contributed by atoms with Gasteiger partial charge in [-0.05, 0) is 26.0 Å². The molecule has 24 heavy (non-hydrogen) atoms. The zero-order valence-corrected chi connectivity index (χ0v) is 14.9. The maximum atomic E-state index is 9.57. The molecular weight excluding hydrogens is 326 g/mol. The summed E-state index contributed by atoms with van der Waals surface area (Å²) in [6.45, 7) is 8.42. The van der Waals surface area contributed by atoms with Crippen LogP contribution in [0.1, 0.15) is 19.5 Å². The van der Waals surface area contributed by atoms with Crippen molar-refractivity contribution in [1.29, 1.82) is 0 Å². The van der Waals surface area contributed by atoms with Gasteiger partial charge in [0.05, 0.1) is 22.4 Å². The fourth-order valence-corrected chi connectivity index (χ4v) is 3.41. The lowest BCUT2D eigenvalue weighted by Gasteiger charge is -2.40. The van der Waals surface area contributed by atoms with Crippen LogP contribution in [0, 0.1) is 0 Å². The minimum atomic E-state index is -0.285. The summed E-state index contributed by atoms with van der Waals surface area (Å²) in [5.74, 6) is 0.566. The zero-order chi connectivity index (χ0) is 17.1. The normalized spacial score (nSPS) is 21.1. The van der Waals surface area contributed by atoms with E-state index >= 15 is 0 Å². The number of hydrogen-bond acceptors (Lipinski definition) is 5. The Morgan fingerprint density at radius 1 is 1.38 bits per heavy atom. The van der Waals surface area contributed by atoms with Gasteiger partial charge >= 0.3 is 0 Å². The summed E-state index contributed by atoms with van der Waals surface area (Å²) >= 11 is 6.20. The molecule has 2 heterocycles. The number of hydrogen-bond donors (Lipinski definition) is 1. The summed E-state index contributed by atoms with van der Waals surface area (Å²) in [5, 5.41) is 10.2. The van der Waals surface area contributed by atoms with E-state index in [0.717, 1.165) is 44.0 Å². The Hall–Kier alpha value is -1.40. The highest BCUT2D eigenvalue weighted by Crippen LogP contribution is 2.27. The second-order valence-electron chi connectivity index (χ2n) is 6.55. The second-order valence-corrected chi connectivity index (χ2v) is 6.96. The number of oxazole rings is 1. The highest BCUT2D eigenvalue weighted by Gasteiger charge is 2.25. The summed E-state index contributed by atoms with van der Waals surface area (Å²) < 4.78 is 5.61. The molecule has 0 saturated carbocycles.